The summed E-state index contributed by atoms with van der Waals surface area (Å²) in [5, 5.41) is 0.672. The van der Waals surface area contributed by atoms with Crippen LogP contribution in [0.5, 0.6) is 0 Å². The van der Waals surface area contributed by atoms with Crippen LogP contribution in [0.2, 0.25) is 0 Å². The molecule has 1 amide bonds. The molecule has 2 aliphatic heterocycles. The highest BCUT2D eigenvalue weighted by molar-refractivity contribution is 7.18. The van der Waals surface area contributed by atoms with E-state index in [-0.39, 0.29) is 17.8 Å². The van der Waals surface area contributed by atoms with Gasteiger partial charge in [-0.2, -0.15) is 0 Å². The lowest BCUT2D eigenvalue weighted by Gasteiger charge is -2.33. The summed E-state index contributed by atoms with van der Waals surface area (Å²) in [6.07, 6.45) is 2.53. The second-order valence-electron chi connectivity index (χ2n) is 7.30. The molecule has 2 aliphatic rings. The topological polar surface area (TPSA) is 84.5 Å². The van der Waals surface area contributed by atoms with E-state index in [4.69, 9.17) is 9.47 Å². The van der Waals surface area contributed by atoms with Gasteiger partial charge in [0.15, 0.2) is 6.29 Å². The number of thiophene rings is 1. The molecule has 0 aliphatic carbocycles. The Morgan fingerprint density at radius 1 is 1.26 bits per heavy atom. The zero-order valence-corrected chi connectivity index (χ0v) is 16.6. The molecule has 4 heterocycles. The van der Waals surface area contributed by atoms with Gasteiger partial charge in [-0.3, -0.25) is 9.59 Å². The quantitative estimate of drug-likeness (QED) is 0.863. The number of fused-ring (bicyclic) bond motifs is 1. The number of hydrogen-bond acceptors (Lipinski definition) is 6. The molecule has 2 fully saturated rings. The number of nitrogens with one attached hydrogen (secondary N) is 1. The van der Waals surface area contributed by atoms with Crippen LogP contribution in [-0.4, -0.2) is 53.4 Å². The Hall–Kier alpha value is -1.77. The van der Waals surface area contributed by atoms with Crippen molar-refractivity contribution in [3.05, 3.63) is 26.6 Å². The first-order valence-corrected chi connectivity index (χ1v) is 10.3. The van der Waals surface area contributed by atoms with E-state index in [1.54, 1.807) is 0 Å². The molecule has 27 heavy (non-hydrogen) atoms. The highest BCUT2D eigenvalue weighted by Crippen LogP contribution is 2.27. The number of H-pyrrole nitrogens is 1. The first kappa shape index (κ1) is 18.6. The van der Waals surface area contributed by atoms with Crippen molar-refractivity contribution < 1.29 is 14.3 Å². The van der Waals surface area contributed by atoms with Crippen molar-refractivity contribution in [3.8, 4) is 0 Å². The molecule has 0 radical (unpaired) electrons. The molecule has 146 valence electrons. The summed E-state index contributed by atoms with van der Waals surface area (Å²) in [6.45, 7) is 6.75. The van der Waals surface area contributed by atoms with Crippen LogP contribution in [0.15, 0.2) is 4.79 Å². The maximum atomic E-state index is 12.6. The standard InChI is InChI=1S/C19H25N3O4S/c1-11-12(2)27-18-16(11)17(24)20-14(21-18)3-4-15(23)22-7-5-13(6-8-22)19-25-9-10-26-19/h13,19H,3-10H2,1-2H3,(H,20,21,24). The molecule has 2 saturated heterocycles. The SMILES string of the molecule is Cc1sc2nc(CCC(=O)N3CCC(C4OCCO4)CC3)[nH]c(=O)c2c1C. The number of rotatable bonds is 4. The van der Waals surface area contributed by atoms with Gasteiger partial charge in [0, 0.05) is 36.7 Å². The fourth-order valence-electron chi connectivity index (χ4n) is 3.87. The van der Waals surface area contributed by atoms with Crippen molar-refractivity contribution in [2.45, 2.75) is 45.8 Å². The van der Waals surface area contributed by atoms with Gasteiger partial charge in [-0.25, -0.2) is 4.98 Å². The van der Waals surface area contributed by atoms with E-state index in [1.807, 2.05) is 18.7 Å². The van der Waals surface area contributed by atoms with E-state index in [0.717, 1.165) is 41.2 Å². The maximum Gasteiger partial charge on any atom is 0.259 e. The van der Waals surface area contributed by atoms with E-state index in [1.165, 1.54) is 11.3 Å². The summed E-state index contributed by atoms with van der Waals surface area (Å²) >= 11 is 1.53. The van der Waals surface area contributed by atoms with E-state index < -0.39 is 0 Å². The maximum absolute atomic E-state index is 12.6. The zero-order valence-electron chi connectivity index (χ0n) is 15.7. The number of carbonyl (C=O) groups is 1. The van der Waals surface area contributed by atoms with Crippen LogP contribution in [0.1, 0.15) is 35.5 Å². The third-order valence-electron chi connectivity index (χ3n) is 5.59. The fourth-order valence-corrected chi connectivity index (χ4v) is 4.92. The predicted molar refractivity (Wildman–Crippen MR) is 103 cm³/mol. The Balaban J connectivity index is 1.34. The molecule has 0 atom stereocenters. The number of carbonyl (C=O) groups excluding carboxylic acids is 1. The number of ether oxygens (including phenoxy) is 2. The molecule has 1 N–H and O–H groups in total. The van der Waals surface area contributed by atoms with E-state index >= 15 is 0 Å². The second-order valence-corrected chi connectivity index (χ2v) is 8.51. The van der Waals surface area contributed by atoms with E-state index in [9.17, 15) is 9.59 Å². The van der Waals surface area contributed by atoms with Gasteiger partial charge >= 0.3 is 0 Å². The second kappa shape index (κ2) is 7.69. The first-order chi connectivity index (χ1) is 13.0. The normalized spacial score (nSPS) is 19.3. The average Bonchev–Trinajstić information content (AvgIpc) is 3.29. The van der Waals surface area contributed by atoms with Gasteiger partial charge in [-0.1, -0.05) is 0 Å². The Morgan fingerprint density at radius 2 is 1.96 bits per heavy atom. The first-order valence-electron chi connectivity index (χ1n) is 9.53. The number of aromatic nitrogens is 2. The van der Waals surface area contributed by atoms with Crippen molar-refractivity contribution in [3.63, 3.8) is 0 Å². The molecule has 0 bridgehead atoms. The van der Waals surface area contributed by atoms with Gasteiger partial charge in [0.1, 0.15) is 10.7 Å². The molecule has 2 aromatic rings. The van der Waals surface area contributed by atoms with Crippen LogP contribution in [0, 0.1) is 19.8 Å². The minimum atomic E-state index is -0.110. The summed E-state index contributed by atoms with van der Waals surface area (Å²) in [7, 11) is 0. The number of hydrogen-bond donors (Lipinski definition) is 1. The number of likely N-dealkylation sites (tertiary alicyclic amines) is 1. The molecular weight excluding hydrogens is 366 g/mol. The predicted octanol–water partition coefficient (Wildman–Crippen LogP) is 2.15. The van der Waals surface area contributed by atoms with E-state index in [0.29, 0.717) is 43.2 Å². The summed E-state index contributed by atoms with van der Waals surface area (Å²) < 4.78 is 11.2. The van der Waals surface area contributed by atoms with Gasteiger partial charge in [-0.05, 0) is 32.3 Å². The lowest BCUT2D eigenvalue weighted by Crippen LogP contribution is -2.41. The third-order valence-corrected chi connectivity index (χ3v) is 6.69. The summed E-state index contributed by atoms with van der Waals surface area (Å²) in [5.74, 6) is 1.08. The molecule has 8 heteroatoms. The number of aryl methyl sites for hydroxylation is 3. The summed E-state index contributed by atoms with van der Waals surface area (Å²) in [5.41, 5.74) is 0.881. The summed E-state index contributed by atoms with van der Waals surface area (Å²) in [4.78, 5) is 36.1. The van der Waals surface area contributed by atoms with E-state index in [2.05, 4.69) is 9.97 Å². The van der Waals surface area contributed by atoms with Crippen LogP contribution < -0.4 is 5.56 Å². The van der Waals surface area contributed by atoms with Crippen molar-refractivity contribution in [2.24, 2.45) is 5.92 Å². The van der Waals surface area contributed by atoms with Gasteiger partial charge in [0.25, 0.3) is 5.56 Å². The van der Waals surface area contributed by atoms with Gasteiger partial charge in [0.05, 0.1) is 18.6 Å². The fraction of sp³-hybridized carbons (Fsp3) is 0.632. The average molecular weight is 391 g/mol. The molecule has 0 saturated carbocycles. The van der Waals surface area contributed by atoms with Crippen LogP contribution in [-0.2, 0) is 20.7 Å². The highest BCUT2D eigenvalue weighted by Gasteiger charge is 2.31. The number of amides is 1. The summed E-state index contributed by atoms with van der Waals surface area (Å²) in [6, 6.07) is 0. The Morgan fingerprint density at radius 3 is 2.67 bits per heavy atom. The molecule has 7 nitrogen and oxygen atoms in total. The van der Waals surface area contributed by atoms with Crippen LogP contribution in [0.4, 0.5) is 0 Å². The zero-order chi connectivity index (χ0) is 19.0. The van der Waals surface area contributed by atoms with Crippen molar-refractivity contribution in [2.75, 3.05) is 26.3 Å². The van der Waals surface area contributed by atoms with Crippen LogP contribution in [0.3, 0.4) is 0 Å². The number of nitrogens with zero attached hydrogens (tertiary/aromatic N) is 2. The van der Waals surface area contributed by atoms with Crippen molar-refractivity contribution in [1.29, 1.82) is 0 Å². The molecular formula is C19H25N3O4S. The smallest absolute Gasteiger partial charge is 0.259 e. The number of aromatic amines is 1. The van der Waals surface area contributed by atoms with Crippen molar-refractivity contribution in [1.82, 2.24) is 14.9 Å². The monoisotopic (exact) mass is 391 g/mol. The highest BCUT2D eigenvalue weighted by atomic mass is 32.1. The minimum Gasteiger partial charge on any atom is -0.350 e. The molecule has 2 aromatic heterocycles. The lowest BCUT2D eigenvalue weighted by atomic mass is 9.96. The van der Waals surface area contributed by atoms with Gasteiger partial charge in [-0.15, -0.1) is 11.3 Å². The number of piperidine rings is 1. The van der Waals surface area contributed by atoms with Gasteiger partial charge < -0.3 is 19.4 Å². The van der Waals surface area contributed by atoms with Crippen LogP contribution in [0.25, 0.3) is 10.2 Å². The Bertz CT molecular complexity index is 892. The lowest BCUT2D eigenvalue weighted by molar-refractivity contribution is -0.136. The molecule has 0 unspecified atom stereocenters. The third kappa shape index (κ3) is 3.79. The molecule has 4 rings (SSSR count). The van der Waals surface area contributed by atoms with Crippen molar-refractivity contribution >= 4 is 27.5 Å². The molecule has 0 spiro atoms. The van der Waals surface area contributed by atoms with Crippen LogP contribution >= 0.6 is 11.3 Å². The van der Waals surface area contributed by atoms with Gasteiger partial charge in [0.2, 0.25) is 5.91 Å². The minimum absolute atomic E-state index is 0.0963. The Labute approximate surface area is 161 Å². The Kier molecular flexibility index (Phi) is 5.29. The largest absolute Gasteiger partial charge is 0.350 e. The molecule has 0 aromatic carbocycles.